The molecule has 1 aromatic heterocycles. The first kappa shape index (κ1) is 21.2. The summed E-state index contributed by atoms with van der Waals surface area (Å²) >= 11 is 0. The molecule has 0 fully saturated rings. The summed E-state index contributed by atoms with van der Waals surface area (Å²) in [6, 6.07) is 12.4. The van der Waals surface area contributed by atoms with E-state index in [9.17, 15) is 12.8 Å². The average molecular weight is 417 g/mol. The van der Waals surface area contributed by atoms with Crippen LogP contribution in [-0.4, -0.2) is 42.9 Å². The number of imidazole rings is 1. The molecule has 0 aliphatic carbocycles. The Bertz CT molecular complexity index is 1150. The molecule has 0 spiro atoms. The van der Waals surface area contributed by atoms with Crippen LogP contribution in [0, 0.1) is 0 Å². The van der Waals surface area contributed by atoms with Gasteiger partial charge >= 0.3 is 0 Å². The monoisotopic (exact) mass is 416 g/mol. The molecule has 29 heavy (non-hydrogen) atoms. The van der Waals surface area contributed by atoms with Gasteiger partial charge in [0.05, 0.1) is 22.5 Å². The summed E-state index contributed by atoms with van der Waals surface area (Å²) < 4.78 is 41.8. The Hall–Kier alpha value is -2.55. The van der Waals surface area contributed by atoms with E-state index >= 15 is 0 Å². The van der Waals surface area contributed by atoms with Gasteiger partial charge in [-0.2, -0.15) is 0 Å². The Morgan fingerprint density at radius 1 is 1.21 bits per heavy atom. The third-order valence-corrected chi connectivity index (χ3v) is 6.60. The van der Waals surface area contributed by atoms with Gasteiger partial charge in [-0.15, -0.1) is 0 Å². The molecule has 0 saturated carbocycles. The number of para-hydroxylation sites is 1. The van der Waals surface area contributed by atoms with Gasteiger partial charge in [0.1, 0.15) is 11.7 Å². The van der Waals surface area contributed by atoms with Crippen LogP contribution in [0.4, 0.5) is 4.39 Å². The second-order valence-corrected chi connectivity index (χ2v) is 8.99. The predicted molar refractivity (Wildman–Crippen MR) is 114 cm³/mol. The maximum atomic E-state index is 14.1. The second kappa shape index (κ2) is 8.44. The van der Waals surface area contributed by atoms with Crippen molar-refractivity contribution in [3.8, 4) is 11.1 Å². The van der Waals surface area contributed by atoms with Crippen LogP contribution in [0.15, 0.2) is 59.3 Å². The van der Waals surface area contributed by atoms with E-state index in [1.165, 1.54) is 24.5 Å². The number of sulfonamides is 1. The van der Waals surface area contributed by atoms with Crippen LogP contribution < -0.4 is 5.73 Å². The average Bonchev–Trinajstić information content (AvgIpc) is 3.05. The molecule has 3 rings (SSSR count). The fourth-order valence-corrected chi connectivity index (χ4v) is 4.14. The van der Waals surface area contributed by atoms with E-state index in [1.807, 2.05) is 29.7 Å². The van der Waals surface area contributed by atoms with Gasteiger partial charge in [0.25, 0.3) is 0 Å². The van der Waals surface area contributed by atoms with E-state index in [0.717, 1.165) is 28.0 Å². The van der Waals surface area contributed by atoms with Crippen molar-refractivity contribution < 1.29 is 12.8 Å². The van der Waals surface area contributed by atoms with Crippen molar-refractivity contribution in [2.45, 2.75) is 24.8 Å². The molecule has 0 saturated heterocycles. The molecule has 3 aromatic rings. The molecule has 6 nitrogen and oxygen atoms in total. The topological polar surface area (TPSA) is 81.2 Å². The van der Waals surface area contributed by atoms with Gasteiger partial charge < -0.3 is 10.3 Å². The third-order valence-electron chi connectivity index (χ3n) is 4.77. The molecule has 2 aromatic carbocycles. The van der Waals surface area contributed by atoms with Crippen LogP contribution >= 0.6 is 0 Å². The van der Waals surface area contributed by atoms with E-state index in [-0.39, 0.29) is 23.8 Å². The normalized spacial score (nSPS) is 12.8. The van der Waals surface area contributed by atoms with Crippen LogP contribution in [0.5, 0.6) is 0 Å². The highest BCUT2D eigenvalue weighted by Gasteiger charge is 2.18. The highest BCUT2D eigenvalue weighted by Crippen LogP contribution is 2.30. The summed E-state index contributed by atoms with van der Waals surface area (Å²) in [5.74, 6) is 0.477. The second-order valence-electron chi connectivity index (χ2n) is 6.84. The zero-order valence-electron chi connectivity index (χ0n) is 16.8. The lowest BCUT2D eigenvalue weighted by Crippen LogP contribution is -2.22. The zero-order chi connectivity index (χ0) is 21.2. The van der Waals surface area contributed by atoms with E-state index in [1.54, 1.807) is 24.3 Å². The molecular formula is C21H25FN4O2S. The molecule has 0 bridgehead atoms. The molecule has 0 unspecified atom stereocenters. The van der Waals surface area contributed by atoms with Gasteiger partial charge in [0, 0.05) is 32.6 Å². The van der Waals surface area contributed by atoms with Gasteiger partial charge in [0.2, 0.25) is 10.0 Å². The number of allylic oxidation sites excluding steroid dienone is 1. The van der Waals surface area contributed by atoms with Gasteiger partial charge in [-0.05, 0) is 29.8 Å². The predicted octanol–water partition coefficient (Wildman–Crippen LogP) is 3.33. The summed E-state index contributed by atoms with van der Waals surface area (Å²) in [6.07, 6.45) is 2.02. The van der Waals surface area contributed by atoms with Crippen molar-refractivity contribution in [3.63, 3.8) is 0 Å². The summed E-state index contributed by atoms with van der Waals surface area (Å²) in [7, 11) is -0.486. The number of fused-ring (bicyclic) bond motifs is 1. The Morgan fingerprint density at radius 3 is 2.48 bits per heavy atom. The fraction of sp³-hybridized carbons (Fsp3) is 0.286. The maximum absolute atomic E-state index is 14.1. The van der Waals surface area contributed by atoms with Gasteiger partial charge in [-0.1, -0.05) is 31.2 Å². The maximum Gasteiger partial charge on any atom is 0.242 e. The zero-order valence-corrected chi connectivity index (χ0v) is 17.6. The number of hydrogen-bond donors (Lipinski definition) is 1. The van der Waals surface area contributed by atoms with Crippen LogP contribution in [-0.2, 0) is 23.0 Å². The number of aryl methyl sites for hydroxylation is 1. The first-order valence-corrected chi connectivity index (χ1v) is 10.8. The minimum absolute atomic E-state index is 0.0837. The lowest BCUT2D eigenvalue weighted by Gasteiger charge is -2.12. The third kappa shape index (κ3) is 4.10. The SMILES string of the molecule is CCc1nc2c(-c3ccc(S(=O)(=O)N(C)C)cc3)cccc2n1C/C(F)=C/CN. The van der Waals surface area contributed by atoms with Crippen molar-refractivity contribution in [2.75, 3.05) is 20.6 Å². The number of nitrogens with zero attached hydrogens (tertiary/aromatic N) is 3. The van der Waals surface area contributed by atoms with Crippen molar-refractivity contribution in [1.82, 2.24) is 13.9 Å². The van der Waals surface area contributed by atoms with Gasteiger partial charge in [0.15, 0.2) is 0 Å². The number of benzene rings is 2. The Balaban J connectivity index is 2.10. The molecule has 1 heterocycles. The van der Waals surface area contributed by atoms with E-state index in [2.05, 4.69) is 0 Å². The fourth-order valence-electron chi connectivity index (χ4n) is 3.24. The first-order valence-electron chi connectivity index (χ1n) is 9.35. The minimum atomic E-state index is -3.49. The van der Waals surface area contributed by atoms with Crippen LogP contribution in [0.25, 0.3) is 22.2 Å². The minimum Gasteiger partial charge on any atom is -0.327 e. The van der Waals surface area contributed by atoms with Crippen molar-refractivity contribution >= 4 is 21.1 Å². The molecule has 0 aliphatic rings. The summed E-state index contributed by atoms with van der Waals surface area (Å²) in [5, 5.41) is 0. The van der Waals surface area contributed by atoms with Crippen LogP contribution in [0.1, 0.15) is 12.7 Å². The van der Waals surface area contributed by atoms with Crippen molar-refractivity contribution in [3.05, 3.63) is 60.2 Å². The van der Waals surface area contributed by atoms with E-state index in [0.29, 0.717) is 6.42 Å². The molecule has 0 atom stereocenters. The quantitative estimate of drug-likeness (QED) is 0.641. The van der Waals surface area contributed by atoms with Crippen molar-refractivity contribution in [2.24, 2.45) is 5.73 Å². The number of hydrogen-bond acceptors (Lipinski definition) is 4. The number of nitrogens with two attached hydrogens (primary N) is 1. The molecule has 0 radical (unpaired) electrons. The summed E-state index contributed by atoms with van der Waals surface area (Å²) in [4.78, 5) is 4.96. The molecule has 0 aliphatic heterocycles. The molecule has 2 N–H and O–H groups in total. The lowest BCUT2D eigenvalue weighted by molar-refractivity contribution is 0.521. The Kier molecular flexibility index (Phi) is 6.16. The number of halogens is 1. The highest BCUT2D eigenvalue weighted by molar-refractivity contribution is 7.89. The van der Waals surface area contributed by atoms with Gasteiger partial charge in [-0.3, -0.25) is 0 Å². The smallest absolute Gasteiger partial charge is 0.242 e. The summed E-state index contributed by atoms with van der Waals surface area (Å²) in [5.41, 5.74) is 8.71. The summed E-state index contributed by atoms with van der Waals surface area (Å²) in [6.45, 7) is 2.20. The highest BCUT2D eigenvalue weighted by atomic mass is 32.2. The number of aromatic nitrogens is 2. The molecule has 154 valence electrons. The van der Waals surface area contributed by atoms with Crippen LogP contribution in [0.3, 0.4) is 0 Å². The lowest BCUT2D eigenvalue weighted by atomic mass is 10.0. The van der Waals surface area contributed by atoms with Gasteiger partial charge in [-0.25, -0.2) is 22.1 Å². The Morgan fingerprint density at radius 2 is 1.90 bits per heavy atom. The first-order chi connectivity index (χ1) is 13.8. The Labute approximate surface area is 170 Å². The van der Waals surface area contributed by atoms with Crippen molar-refractivity contribution in [1.29, 1.82) is 0 Å². The molecular weight excluding hydrogens is 391 g/mol. The molecule has 0 amide bonds. The van der Waals surface area contributed by atoms with Crippen LogP contribution in [0.2, 0.25) is 0 Å². The number of rotatable bonds is 7. The van der Waals surface area contributed by atoms with E-state index < -0.39 is 10.0 Å². The molecule has 8 heteroatoms. The van der Waals surface area contributed by atoms with E-state index in [4.69, 9.17) is 10.7 Å². The largest absolute Gasteiger partial charge is 0.327 e. The standard InChI is InChI=1S/C21H25FN4O2S/c1-4-20-24-21-18(6-5-7-19(21)26(20)14-16(22)12-13-23)15-8-10-17(11-9-15)29(27,28)25(2)3/h5-12H,4,13-14,23H2,1-3H3/b16-12-.